The van der Waals surface area contributed by atoms with E-state index in [9.17, 15) is 4.79 Å². The van der Waals surface area contributed by atoms with Crippen LogP contribution in [0.4, 0.5) is 0 Å². The zero-order chi connectivity index (χ0) is 12.7. The highest BCUT2D eigenvalue weighted by Crippen LogP contribution is 2.18. The van der Waals surface area contributed by atoms with E-state index >= 15 is 0 Å². The molecule has 0 radical (unpaired) electrons. The topological polar surface area (TPSA) is 64.4 Å². The van der Waals surface area contributed by atoms with Crippen LogP contribution in [0, 0.1) is 6.92 Å². The highest BCUT2D eigenvalue weighted by Gasteiger charge is 2.10. The molecule has 4 nitrogen and oxygen atoms in total. The largest absolute Gasteiger partial charge is 0.488 e. The van der Waals surface area contributed by atoms with E-state index in [-0.39, 0.29) is 31.0 Å². The molecule has 1 rings (SSSR count). The Morgan fingerprint density at radius 3 is 2.67 bits per heavy atom. The van der Waals surface area contributed by atoms with Gasteiger partial charge in [-0.25, -0.2) is 0 Å². The van der Waals surface area contributed by atoms with E-state index in [1.807, 2.05) is 38.1 Å². The summed E-state index contributed by atoms with van der Waals surface area (Å²) in [6.45, 7) is 4.53. The molecule has 0 aliphatic heterocycles. The lowest BCUT2D eigenvalue weighted by Gasteiger charge is -2.19. The monoisotopic (exact) mass is 272 g/mol. The number of amides is 1. The standard InChI is InChI=1S/C13H20N2O2.ClH/c1-3-11(9-15-13(16)8-14)17-12-7-5-4-6-10(12)2;/h4-7,11H,3,8-9,14H2,1-2H3,(H,15,16);1H. The van der Waals surface area contributed by atoms with Gasteiger partial charge < -0.3 is 15.8 Å². The van der Waals surface area contributed by atoms with Gasteiger partial charge in [-0.05, 0) is 25.0 Å². The molecule has 0 fully saturated rings. The Labute approximate surface area is 114 Å². The highest BCUT2D eigenvalue weighted by atomic mass is 35.5. The van der Waals surface area contributed by atoms with E-state index in [0.29, 0.717) is 6.54 Å². The van der Waals surface area contributed by atoms with Crippen molar-refractivity contribution < 1.29 is 9.53 Å². The lowest BCUT2D eigenvalue weighted by atomic mass is 10.2. The van der Waals surface area contributed by atoms with Crippen LogP contribution in [0.1, 0.15) is 18.9 Å². The van der Waals surface area contributed by atoms with Gasteiger partial charge >= 0.3 is 0 Å². The van der Waals surface area contributed by atoms with Crippen LogP contribution in [0.2, 0.25) is 0 Å². The van der Waals surface area contributed by atoms with Crippen LogP contribution in [0.25, 0.3) is 0 Å². The third-order valence-electron chi connectivity index (χ3n) is 2.55. The van der Waals surface area contributed by atoms with Crippen molar-refractivity contribution in [2.75, 3.05) is 13.1 Å². The second-order valence-corrected chi connectivity index (χ2v) is 3.92. The van der Waals surface area contributed by atoms with Crippen LogP contribution >= 0.6 is 12.4 Å². The number of rotatable bonds is 6. The molecule has 18 heavy (non-hydrogen) atoms. The number of hydrogen-bond donors (Lipinski definition) is 2. The minimum atomic E-state index is -0.156. The SMILES string of the molecule is CCC(CNC(=O)CN)Oc1ccccc1C.Cl. The third-order valence-corrected chi connectivity index (χ3v) is 2.55. The number of aryl methyl sites for hydroxylation is 1. The molecule has 0 spiro atoms. The number of para-hydroxylation sites is 1. The molecule has 0 aliphatic rings. The summed E-state index contributed by atoms with van der Waals surface area (Å²) < 4.78 is 5.83. The Morgan fingerprint density at radius 2 is 2.11 bits per heavy atom. The van der Waals surface area contributed by atoms with Crippen LogP contribution in [0.3, 0.4) is 0 Å². The fourth-order valence-corrected chi connectivity index (χ4v) is 1.44. The van der Waals surface area contributed by atoms with Gasteiger partial charge in [-0.15, -0.1) is 12.4 Å². The number of carbonyl (C=O) groups excluding carboxylic acids is 1. The number of nitrogens with one attached hydrogen (secondary N) is 1. The van der Waals surface area contributed by atoms with Crippen molar-refractivity contribution in [1.29, 1.82) is 0 Å². The van der Waals surface area contributed by atoms with Crippen molar-refractivity contribution in [3.8, 4) is 5.75 Å². The second-order valence-electron chi connectivity index (χ2n) is 3.92. The Kier molecular flexibility index (Phi) is 8.16. The molecule has 1 amide bonds. The summed E-state index contributed by atoms with van der Waals surface area (Å²) in [4.78, 5) is 11.1. The van der Waals surface area contributed by atoms with Gasteiger partial charge in [0.25, 0.3) is 0 Å². The number of halogens is 1. The smallest absolute Gasteiger partial charge is 0.233 e. The summed E-state index contributed by atoms with van der Waals surface area (Å²) >= 11 is 0. The van der Waals surface area contributed by atoms with Crippen LogP contribution < -0.4 is 15.8 Å². The fraction of sp³-hybridized carbons (Fsp3) is 0.462. The third kappa shape index (κ3) is 5.38. The Morgan fingerprint density at radius 1 is 1.44 bits per heavy atom. The van der Waals surface area contributed by atoms with Crippen LogP contribution in [-0.2, 0) is 4.79 Å². The first-order valence-electron chi connectivity index (χ1n) is 5.86. The molecule has 1 atom stereocenters. The summed E-state index contributed by atoms with van der Waals surface area (Å²) in [5.41, 5.74) is 6.32. The number of benzene rings is 1. The number of nitrogens with two attached hydrogens (primary N) is 1. The summed E-state index contributed by atoms with van der Waals surface area (Å²) in [5.74, 6) is 0.707. The first-order chi connectivity index (χ1) is 8.17. The maximum absolute atomic E-state index is 11.1. The van der Waals surface area contributed by atoms with E-state index in [0.717, 1.165) is 17.7 Å². The Balaban J connectivity index is 0.00000289. The molecule has 3 N–H and O–H groups in total. The van der Waals surface area contributed by atoms with E-state index in [2.05, 4.69) is 5.32 Å². The highest BCUT2D eigenvalue weighted by molar-refractivity contribution is 5.85. The summed E-state index contributed by atoms with van der Waals surface area (Å²) in [6.07, 6.45) is 0.811. The van der Waals surface area contributed by atoms with Crippen molar-refractivity contribution in [3.63, 3.8) is 0 Å². The van der Waals surface area contributed by atoms with Crippen molar-refractivity contribution in [1.82, 2.24) is 5.32 Å². The van der Waals surface area contributed by atoms with Gasteiger partial charge in [0.05, 0.1) is 13.1 Å². The van der Waals surface area contributed by atoms with Crippen LogP contribution in [-0.4, -0.2) is 25.1 Å². The maximum atomic E-state index is 11.1. The van der Waals surface area contributed by atoms with Crippen molar-refractivity contribution in [2.45, 2.75) is 26.4 Å². The van der Waals surface area contributed by atoms with Crippen LogP contribution in [0.5, 0.6) is 5.75 Å². The molecule has 0 heterocycles. The van der Waals surface area contributed by atoms with Gasteiger partial charge in [0, 0.05) is 0 Å². The average Bonchev–Trinajstić information content (AvgIpc) is 2.36. The summed E-state index contributed by atoms with van der Waals surface area (Å²) in [6, 6.07) is 7.84. The molecule has 1 aromatic carbocycles. The molecule has 1 unspecified atom stereocenters. The lowest BCUT2D eigenvalue weighted by Crippen LogP contribution is -2.38. The first kappa shape index (κ1) is 16.7. The molecule has 0 aromatic heterocycles. The molecule has 0 bridgehead atoms. The zero-order valence-corrected chi connectivity index (χ0v) is 11.6. The predicted octanol–water partition coefficient (Wildman–Crippen LogP) is 1.65. The minimum Gasteiger partial charge on any atom is -0.488 e. The van der Waals surface area contributed by atoms with E-state index in [4.69, 9.17) is 10.5 Å². The van der Waals surface area contributed by atoms with Gasteiger partial charge in [-0.3, -0.25) is 4.79 Å². The van der Waals surface area contributed by atoms with Gasteiger partial charge in [0.1, 0.15) is 11.9 Å². The maximum Gasteiger partial charge on any atom is 0.233 e. The van der Waals surface area contributed by atoms with Crippen molar-refractivity contribution in [3.05, 3.63) is 29.8 Å². The number of carbonyl (C=O) groups is 1. The van der Waals surface area contributed by atoms with Crippen LogP contribution in [0.15, 0.2) is 24.3 Å². The zero-order valence-electron chi connectivity index (χ0n) is 10.8. The average molecular weight is 273 g/mol. The van der Waals surface area contributed by atoms with E-state index < -0.39 is 0 Å². The lowest BCUT2D eigenvalue weighted by molar-refractivity contribution is -0.120. The second kappa shape index (κ2) is 8.78. The normalized spacial score (nSPS) is 11.3. The molecule has 0 aliphatic carbocycles. The van der Waals surface area contributed by atoms with Crippen molar-refractivity contribution >= 4 is 18.3 Å². The summed E-state index contributed by atoms with van der Waals surface area (Å²) in [5, 5.41) is 2.73. The predicted molar refractivity (Wildman–Crippen MR) is 75.2 cm³/mol. The fourth-order valence-electron chi connectivity index (χ4n) is 1.44. The van der Waals surface area contributed by atoms with Gasteiger partial charge in [0.15, 0.2) is 0 Å². The first-order valence-corrected chi connectivity index (χ1v) is 5.86. The van der Waals surface area contributed by atoms with Gasteiger partial charge in [-0.2, -0.15) is 0 Å². The molecule has 0 saturated heterocycles. The van der Waals surface area contributed by atoms with Gasteiger partial charge in [0.2, 0.25) is 5.91 Å². The quantitative estimate of drug-likeness (QED) is 0.828. The van der Waals surface area contributed by atoms with E-state index in [1.54, 1.807) is 0 Å². The molecule has 0 saturated carbocycles. The minimum absolute atomic E-state index is 0. The van der Waals surface area contributed by atoms with E-state index in [1.165, 1.54) is 0 Å². The Bertz CT molecular complexity index is 372. The van der Waals surface area contributed by atoms with Gasteiger partial charge in [-0.1, -0.05) is 25.1 Å². The molecular formula is C13H21ClN2O2. The Hall–Kier alpha value is -1.26. The number of hydrogen-bond acceptors (Lipinski definition) is 3. The molecule has 5 heteroatoms. The summed E-state index contributed by atoms with van der Waals surface area (Å²) in [7, 11) is 0. The molecular weight excluding hydrogens is 252 g/mol. The van der Waals surface area contributed by atoms with Crippen molar-refractivity contribution in [2.24, 2.45) is 5.73 Å². The molecule has 102 valence electrons. The molecule has 1 aromatic rings. The number of ether oxygens (including phenoxy) is 1.